The van der Waals surface area contributed by atoms with Gasteiger partial charge in [-0.3, -0.25) is 0 Å². The molecule has 0 unspecified atom stereocenters. The van der Waals surface area contributed by atoms with E-state index in [1.165, 1.54) is 77.6 Å². The predicted octanol–water partition coefficient (Wildman–Crippen LogP) is 15.0. The highest BCUT2D eigenvalue weighted by Gasteiger charge is 2.11. The van der Waals surface area contributed by atoms with E-state index in [4.69, 9.17) is 0 Å². The minimum absolute atomic E-state index is 1.16. The predicted molar refractivity (Wildman–Crippen MR) is 244 cm³/mol. The Bertz CT molecular complexity index is 2740. The first-order chi connectivity index (χ1) is 27.6. The van der Waals surface area contributed by atoms with E-state index in [0.717, 1.165) is 11.1 Å². The van der Waals surface area contributed by atoms with Gasteiger partial charge < -0.3 is 0 Å². The number of fused-ring (bicyclic) bond motifs is 1. The first-order valence-electron chi connectivity index (χ1n) is 19.3. The molecule has 0 aromatic heterocycles. The van der Waals surface area contributed by atoms with E-state index in [0.29, 0.717) is 0 Å². The lowest BCUT2D eigenvalue weighted by molar-refractivity contribution is 1.42. The minimum atomic E-state index is 1.16. The summed E-state index contributed by atoms with van der Waals surface area (Å²) in [6.07, 6.45) is 13.8. The van der Waals surface area contributed by atoms with Crippen molar-refractivity contribution >= 4 is 58.4 Å². The fourth-order valence-electron chi connectivity index (χ4n) is 7.51. The maximum absolute atomic E-state index is 2.34. The standard InChI is InChI=1S/C56H44/c1-41-19-9-16-30-51(41)55(45-23-5-3-6-24-45)39-49-28-13-11-21-43(49)33-34-48-36-35-47-27-15-18-32-53(47)54(48)38-37-44-22-12-14-29-50(44)40-56(46-25-7-4-8-26-46)52-31-17-10-20-42(52)2/h3-40H,1-2H3/b34-33?,38-37?,55-39+,56-40+. The lowest BCUT2D eigenvalue weighted by Crippen LogP contribution is -1.92. The molecule has 0 spiro atoms. The second-order valence-electron chi connectivity index (χ2n) is 14.2. The molecule has 0 heterocycles. The molecule has 56 heavy (non-hydrogen) atoms. The Hall–Kier alpha value is -7.02. The van der Waals surface area contributed by atoms with Crippen LogP contribution in [0.15, 0.2) is 194 Å². The molecule has 0 heteroatoms. The quantitative estimate of drug-likeness (QED) is 0.124. The van der Waals surface area contributed by atoms with Crippen LogP contribution in [0.1, 0.15) is 66.8 Å². The monoisotopic (exact) mass is 716 g/mol. The van der Waals surface area contributed by atoms with Crippen LogP contribution in [0.5, 0.6) is 0 Å². The molecule has 0 nitrogen and oxygen atoms in total. The highest BCUT2D eigenvalue weighted by molar-refractivity contribution is 6.00. The fourth-order valence-corrected chi connectivity index (χ4v) is 7.51. The van der Waals surface area contributed by atoms with Crippen LogP contribution in [0, 0.1) is 13.8 Å². The van der Waals surface area contributed by atoms with Gasteiger partial charge in [0, 0.05) is 0 Å². The van der Waals surface area contributed by atoms with E-state index >= 15 is 0 Å². The zero-order valence-electron chi connectivity index (χ0n) is 31.9. The van der Waals surface area contributed by atoms with Gasteiger partial charge in [-0.05, 0) is 115 Å². The van der Waals surface area contributed by atoms with Crippen molar-refractivity contribution in [3.63, 3.8) is 0 Å². The summed E-state index contributed by atoms with van der Waals surface area (Å²) in [5.74, 6) is 0. The Labute approximate surface area is 331 Å². The van der Waals surface area contributed by atoms with E-state index in [1.54, 1.807) is 0 Å². The lowest BCUT2D eigenvalue weighted by Gasteiger charge is -2.13. The van der Waals surface area contributed by atoms with Gasteiger partial charge in [-0.25, -0.2) is 0 Å². The summed E-state index contributed by atoms with van der Waals surface area (Å²) in [6.45, 7) is 4.38. The van der Waals surface area contributed by atoms with Gasteiger partial charge in [0.2, 0.25) is 0 Å². The number of rotatable bonds is 10. The van der Waals surface area contributed by atoms with Crippen LogP contribution < -0.4 is 0 Å². The SMILES string of the molecule is Cc1ccccc1/C(=C/c1ccccc1C=Cc1ccc2ccccc2c1C=Cc1ccccc1/C=C(\c1ccccc1)c1ccccc1C)c1ccccc1. The van der Waals surface area contributed by atoms with E-state index in [9.17, 15) is 0 Å². The molecule has 0 saturated heterocycles. The molecular weight excluding hydrogens is 673 g/mol. The van der Waals surface area contributed by atoms with Crippen molar-refractivity contribution in [3.8, 4) is 0 Å². The Morgan fingerprint density at radius 1 is 0.321 bits per heavy atom. The maximum atomic E-state index is 2.34. The van der Waals surface area contributed by atoms with E-state index in [2.05, 4.69) is 244 Å². The zero-order chi connectivity index (χ0) is 38.1. The molecule has 0 N–H and O–H groups in total. The van der Waals surface area contributed by atoms with Crippen LogP contribution >= 0.6 is 0 Å². The summed E-state index contributed by atoms with van der Waals surface area (Å²) in [6, 6.07) is 69.2. The highest BCUT2D eigenvalue weighted by Crippen LogP contribution is 2.33. The molecule has 8 rings (SSSR count). The van der Waals surface area contributed by atoms with E-state index in [-0.39, 0.29) is 0 Å². The van der Waals surface area contributed by atoms with Crippen molar-refractivity contribution in [2.24, 2.45) is 0 Å². The molecule has 0 aliphatic heterocycles. The Morgan fingerprint density at radius 3 is 1.27 bits per heavy atom. The van der Waals surface area contributed by atoms with Crippen LogP contribution in [-0.2, 0) is 0 Å². The molecule has 0 aliphatic carbocycles. The van der Waals surface area contributed by atoms with Crippen molar-refractivity contribution in [1.29, 1.82) is 0 Å². The fraction of sp³-hybridized carbons (Fsp3) is 0.0357. The van der Waals surface area contributed by atoms with Gasteiger partial charge in [0.15, 0.2) is 0 Å². The molecule has 8 aromatic carbocycles. The largest absolute Gasteiger partial charge is 0.0622 e. The van der Waals surface area contributed by atoms with Gasteiger partial charge in [0.1, 0.15) is 0 Å². The van der Waals surface area contributed by atoms with Crippen LogP contribution in [0.2, 0.25) is 0 Å². The molecule has 0 amide bonds. The number of aryl methyl sites for hydroxylation is 2. The molecule has 0 atom stereocenters. The lowest BCUT2D eigenvalue weighted by atomic mass is 9.91. The second-order valence-corrected chi connectivity index (χ2v) is 14.2. The van der Waals surface area contributed by atoms with Gasteiger partial charge in [0.25, 0.3) is 0 Å². The number of hydrogen-bond donors (Lipinski definition) is 0. The normalized spacial score (nSPS) is 12.2. The third-order valence-electron chi connectivity index (χ3n) is 10.5. The first-order valence-corrected chi connectivity index (χ1v) is 19.3. The highest BCUT2D eigenvalue weighted by atomic mass is 14.2. The number of benzene rings is 8. The second kappa shape index (κ2) is 17.0. The summed E-state index contributed by atoms with van der Waals surface area (Å²) >= 11 is 0. The van der Waals surface area contributed by atoms with Crippen molar-refractivity contribution < 1.29 is 0 Å². The van der Waals surface area contributed by atoms with Crippen molar-refractivity contribution in [2.75, 3.05) is 0 Å². The van der Waals surface area contributed by atoms with Gasteiger partial charge in [-0.1, -0.05) is 218 Å². The summed E-state index contributed by atoms with van der Waals surface area (Å²) in [5.41, 5.74) is 16.9. The van der Waals surface area contributed by atoms with Crippen LogP contribution in [0.3, 0.4) is 0 Å². The Kier molecular flexibility index (Phi) is 10.9. The topological polar surface area (TPSA) is 0 Å². The van der Waals surface area contributed by atoms with E-state index in [1.807, 2.05) is 0 Å². The summed E-state index contributed by atoms with van der Waals surface area (Å²) < 4.78 is 0. The molecule has 0 radical (unpaired) electrons. The van der Waals surface area contributed by atoms with E-state index < -0.39 is 0 Å². The molecule has 8 aromatic rings. The van der Waals surface area contributed by atoms with Gasteiger partial charge in [-0.2, -0.15) is 0 Å². The Morgan fingerprint density at radius 2 is 0.732 bits per heavy atom. The summed E-state index contributed by atoms with van der Waals surface area (Å²) in [5, 5.41) is 2.44. The van der Waals surface area contributed by atoms with Crippen LogP contribution in [-0.4, -0.2) is 0 Å². The smallest absolute Gasteiger partial charge is 0.0103 e. The first kappa shape index (κ1) is 36.0. The summed E-state index contributed by atoms with van der Waals surface area (Å²) in [7, 11) is 0. The molecule has 0 aliphatic rings. The zero-order valence-corrected chi connectivity index (χ0v) is 31.9. The number of hydrogen-bond acceptors (Lipinski definition) is 0. The molecule has 0 bridgehead atoms. The third-order valence-corrected chi connectivity index (χ3v) is 10.5. The van der Waals surface area contributed by atoms with Gasteiger partial charge >= 0.3 is 0 Å². The molecule has 0 fully saturated rings. The van der Waals surface area contributed by atoms with Crippen molar-refractivity contribution in [2.45, 2.75) is 13.8 Å². The third kappa shape index (κ3) is 8.06. The summed E-state index contributed by atoms with van der Waals surface area (Å²) in [4.78, 5) is 0. The molecular formula is C56H44. The van der Waals surface area contributed by atoms with Crippen LogP contribution in [0.4, 0.5) is 0 Å². The van der Waals surface area contributed by atoms with Gasteiger partial charge in [-0.15, -0.1) is 0 Å². The maximum Gasteiger partial charge on any atom is -0.0103 e. The minimum Gasteiger partial charge on any atom is -0.0622 e. The molecule has 0 saturated carbocycles. The average molecular weight is 717 g/mol. The van der Waals surface area contributed by atoms with Crippen molar-refractivity contribution in [3.05, 3.63) is 261 Å². The van der Waals surface area contributed by atoms with Gasteiger partial charge in [0.05, 0.1) is 0 Å². The Balaban J connectivity index is 1.21. The average Bonchev–Trinajstić information content (AvgIpc) is 3.25. The van der Waals surface area contributed by atoms with Crippen LogP contribution in [0.25, 0.3) is 58.4 Å². The molecule has 268 valence electrons. The van der Waals surface area contributed by atoms with Crippen molar-refractivity contribution in [1.82, 2.24) is 0 Å².